The molecule has 1 aromatic carbocycles. The molecule has 104 valence electrons. The molecule has 8 heteroatoms. The maximum atomic E-state index is 12.3. The SMILES string of the molecule is O=NN(CCC(=O)O)Cc1ccc(C(F)(F)F)cc1. The standard InChI is InChI=1S/C11H11F3N2O3/c12-11(13,14)9-3-1-8(2-4-9)7-16(15-19)6-5-10(17)18/h1-4H,5-7H2,(H,17,18). The molecule has 0 saturated carbocycles. The fourth-order valence-corrected chi connectivity index (χ4v) is 1.38. The van der Waals surface area contributed by atoms with Crippen LogP contribution in [0.4, 0.5) is 13.2 Å². The zero-order valence-corrected chi connectivity index (χ0v) is 9.72. The minimum atomic E-state index is -4.41. The van der Waals surface area contributed by atoms with Crippen molar-refractivity contribution in [3.05, 3.63) is 40.3 Å². The third-order valence-electron chi connectivity index (χ3n) is 2.35. The van der Waals surface area contributed by atoms with Crippen LogP contribution in [0.1, 0.15) is 17.5 Å². The summed E-state index contributed by atoms with van der Waals surface area (Å²) >= 11 is 0. The third-order valence-corrected chi connectivity index (χ3v) is 2.35. The molecule has 0 unspecified atom stereocenters. The van der Waals surface area contributed by atoms with Gasteiger partial charge in [0.1, 0.15) is 0 Å². The Bertz CT molecular complexity index is 445. The number of nitrogens with zero attached hydrogens (tertiary/aromatic N) is 2. The molecule has 1 N–H and O–H groups in total. The highest BCUT2D eigenvalue weighted by Crippen LogP contribution is 2.29. The molecule has 19 heavy (non-hydrogen) atoms. The van der Waals surface area contributed by atoms with Gasteiger partial charge in [-0.2, -0.15) is 13.2 Å². The number of alkyl halides is 3. The second-order valence-electron chi connectivity index (χ2n) is 3.81. The van der Waals surface area contributed by atoms with Crippen molar-refractivity contribution < 1.29 is 23.1 Å². The van der Waals surface area contributed by atoms with Crippen LogP contribution >= 0.6 is 0 Å². The highest BCUT2D eigenvalue weighted by atomic mass is 19.4. The van der Waals surface area contributed by atoms with Gasteiger partial charge in [-0.3, -0.25) is 9.80 Å². The fourth-order valence-electron chi connectivity index (χ4n) is 1.38. The Kier molecular flexibility index (Phi) is 4.85. The van der Waals surface area contributed by atoms with Crippen LogP contribution in [0.15, 0.2) is 29.6 Å². The van der Waals surface area contributed by atoms with Gasteiger partial charge in [0.05, 0.1) is 30.4 Å². The van der Waals surface area contributed by atoms with Crippen molar-refractivity contribution in [2.24, 2.45) is 5.29 Å². The molecular formula is C11H11F3N2O3. The van der Waals surface area contributed by atoms with Crippen LogP contribution in [0.25, 0.3) is 0 Å². The number of carbonyl (C=O) groups is 1. The van der Waals surface area contributed by atoms with Crippen LogP contribution < -0.4 is 0 Å². The molecule has 1 aromatic rings. The summed E-state index contributed by atoms with van der Waals surface area (Å²) in [4.78, 5) is 20.8. The number of carboxylic acids is 1. The van der Waals surface area contributed by atoms with Crippen LogP contribution in [0, 0.1) is 4.91 Å². The highest BCUT2D eigenvalue weighted by Gasteiger charge is 2.29. The molecule has 0 amide bonds. The average molecular weight is 276 g/mol. The molecule has 0 aliphatic carbocycles. The number of aliphatic carboxylic acids is 1. The molecule has 0 spiro atoms. The van der Waals surface area contributed by atoms with Gasteiger partial charge in [-0.15, -0.1) is 4.91 Å². The third kappa shape index (κ3) is 4.94. The van der Waals surface area contributed by atoms with E-state index >= 15 is 0 Å². The molecule has 1 rings (SSSR count). The fraction of sp³-hybridized carbons (Fsp3) is 0.364. The molecule has 0 fully saturated rings. The van der Waals surface area contributed by atoms with Gasteiger partial charge in [0.2, 0.25) is 0 Å². The molecule has 0 saturated heterocycles. The topological polar surface area (TPSA) is 70.0 Å². The van der Waals surface area contributed by atoms with Crippen molar-refractivity contribution in [2.45, 2.75) is 19.1 Å². The zero-order chi connectivity index (χ0) is 14.5. The second-order valence-corrected chi connectivity index (χ2v) is 3.81. The summed E-state index contributed by atoms with van der Waals surface area (Å²) in [6, 6.07) is 4.24. The van der Waals surface area contributed by atoms with Crippen molar-refractivity contribution in [3.8, 4) is 0 Å². The summed E-state index contributed by atoms with van der Waals surface area (Å²) in [5.74, 6) is -1.08. The van der Waals surface area contributed by atoms with E-state index < -0.39 is 17.7 Å². The first kappa shape index (κ1) is 14.9. The summed E-state index contributed by atoms with van der Waals surface area (Å²) in [6.07, 6.45) is -4.68. The largest absolute Gasteiger partial charge is 0.481 e. The van der Waals surface area contributed by atoms with E-state index in [2.05, 4.69) is 5.29 Å². The number of nitroso groups, excluding NO2 is 1. The summed E-state index contributed by atoms with van der Waals surface area (Å²) in [5, 5.41) is 12.0. The molecule has 0 aliphatic heterocycles. The van der Waals surface area contributed by atoms with E-state index in [-0.39, 0.29) is 19.5 Å². The Labute approximate surface area is 106 Å². The summed E-state index contributed by atoms with van der Waals surface area (Å²) in [5.41, 5.74) is -0.342. The highest BCUT2D eigenvalue weighted by molar-refractivity contribution is 5.66. The summed E-state index contributed by atoms with van der Waals surface area (Å²) in [6.45, 7) is -0.130. The van der Waals surface area contributed by atoms with E-state index in [0.29, 0.717) is 5.56 Å². The van der Waals surface area contributed by atoms with E-state index in [1.807, 2.05) is 0 Å². The first-order valence-corrected chi connectivity index (χ1v) is 5.29. The van der Waals surface area contributed by atoms with Crippen LogP contribution in [0.3, 0.4) is 0 Å². The first-order chi connectivity index (χ1) is 8.82. The number of halogens is 3. The molecule has 0 radical (unpaired) electrons. The summed E-state index contributed by atoms with van der Waals surface area (Å²) in [7, 11) is 0. The smallest absolute Gasteiger partial charge is 0.416 e. The predicted molar refractivity (Wildman–Crippen MR) is 59.9 cm³/mol. The van der Waals surface area contributed by atoms with Gasteiger partial charge in [-0.25, -0.2) is 0 Å². The van der Waals surface area contributed by atoms with E-state index in [1.165, 1.54) is 12.1 Å². The number of rotatable bonds is 6. The molecule has 0 bridgehead atoms. The molecule has 0 aliphatic rings. The molecule has 0 heterocycles. The van der Waals surface area contributed by atoms with Crippen molar-refractivity contribution in [3.63, 3.8) is 0 Å². The lowest BCUT2D eigenvalue weighted by Crippen LogP contribution is -2.20. The lowest BCUT2D eigenvalue weighted by molar-refractivity contribution is -0.138. The second kappa shape index (κ2) is 6.17. The van der Waals surface area contributed by atoms with Gasteiger partial charge in [0.15, 0.2) is 0 Å². The number of carboxylic acid groups (broad SMARTS) is 1. The van der Waals surface area contributed by atoms with Crippen LogP contribution in [-0.2, 0) is 17.5 Å². The Balaban J connectivity index is 2.65. The van der Waals surface area contributed by atoms with Gasteiger partial charge in [0, 0.05) is 0 Å². The van der Waals surface area contributed by atoms with Crippen molar-refractivity contribution in [2.75, 3.05) is 6.54 Å². The van der Waals surface area contributed by atoms with Crippen molar-refractivity contribution in [1.82, 2.24) is 5.01 Å². The summed E-state index contributed by atoms with van der Waals surface area (Å²) < 4.78 is 36.9. The minimum absolute atomic E-state index is 0.0328. The van der Waals surface area contributed by atoms with Crippen LogP contribution in [0.5, 0.6) is 0 Å². The molecule has 0 atom stereocenters. The van der Waals surface area contributed by atoms with Gasteiger partial charge >= 0.3 is 12.1 Å². The van der Waals surface area contributed by atoms with Crippen molar-refractivity contribution >= 4 is 5.97 Å². The Morgan fingerprint density at radius 1 is 1.26 bits per heavy atom. The van der Waals surface area contributed by atoms with E-state index in [9.17, 15) is 22.9 Å². The van der Waals surface area contributed by atoms with Gasteiger partial charge in [-0.1, -0.05) is 12.1 Å². The van der Waals surface area contributed by atoms with E-state index in [0.717, 1.165) is 17.1 Å². The maximum absolute atomic E-state index is 12.3. The Morgan fingerprint density at radius 3 is 2.26 bits per heavy atom. The number of benzene rings is 1. The monoisotopic (exact) mass is 276 g/mol. The molecule has 0 aromatic heterocycles. The lowest BCUT2D eigenvalue weighted by atomic mass is 10.1. The zero-order valence-electron chi connectivity index (χ0n) is 9.72. The Morgan fingerprint density at radius 2 is 1.84 bits per heavy atom. The van der Waals surface area contributed by atoms with Gasteiger partial charge < -0.3 is 5.11 Å². The maximum Gasteiger partial charge on any atom is 0.416 e. The van der Waals surface area contributed by atoms with E-state index in [1.54, 1.807) is 0 Å². The van der Waals surface area contributed by atoms with Crippen LogP contribution in [0.2, 0.25) is 0 Å². The number of hydrogen-bond acceptors (Lipinski definition) is 3. The first-order valence-electron chi connectivity index (χ1n) is 5.29. The average Bonchev–Trinajstić information content (AvgIpc) is 2.33. The Hall–Kier alpha value is -2.12. The minimum Gasteiger partial charge on any atom is -0.481 e. The quantitative estimate of drug-likeness (QED) is 0.640. The normalized spacial score (nSPS) is 11.1. The predicted octanol–water partition coefficient (Wildman–Crippen LogP) is 2.66. The van der Waals surface area contributed by atoms with Crippen molar-refractivity contribution in [1.29, 1.82) is 0 Å². The lowest BCUT2D eigenvalue weighted by Gasteiger charge is -2.14. The molecular weight excluding hydrogens is 265 g/mol. The van der Waals surface area contributed by atoms with Crippen LogP contribution in [-0.4, -0.2) is 22.6 Å². The molecule has 5 nitrogen and oxygen atoms in total. The van der Waals surface area contributed by atoms with Gasteiger partial charge in [-0.05, 0) is 17.7 Å². The van der Waals surface area contributed by atoms with E-state index in [4.69, 9.17) is 5.11 Å². The van der Waals surface area contributed by atoms with Gasteiger partial charge in [0.25, 0.3) is 0 Å². The number of hydrogen-bond donors (Lipinski definition) is 1.